The summed E-state index contributed by atoms with van der Waals surface area (Å²) in [5.41, 5.74) is 11.2. The van der Waals surface area contributed by atoms with Crippen LogP contribution in [0, 0.1) is 6.92 Å². The van der Waals surface area contributed by atoms with Gasteiger partial charge in [0.05, 0.1) is 16.7 Å². The van der Waals surface area contributed by atoms with Crippen molar-refractivity contribution in [2.24, 2.45) is 0 Å². The summed E-state index contributed by atoms with van der Waals surface area (Å²) in [7, 11) is 0. The van der Waals surface area contributed by atoms with Gasteiger partial charge in [-0.05, 0) is 43.2 Å². The fourth-order valence-electron chi connectivity index (χ4n) is 2.73. The SMILES string of the molecule is CCCc1ccccc1-n1c(C)nc2cc(N)ccc21. The third-order valence-electron chi connectivity index (χ3n) is 3.60. The average Bonchev–Trinajstić information content (AvgIpc) is 2.75. The van der Waals surface area contributed by atoms with Crippen LogP contribution in [0.2, 0.25) is 0 Å². The Labute approximate surface area is 119 Å². The van der Waals surface area contributed by atoms with E-state index < -0.39 is 0 Å². The Bertz CT molecular complexity index is 756. The Kier molecular flexibility index (Phi) is 3.18. The molecule has 3 nitrogen and oxygen atoms in total. The normalized spacial score (nSPS) is 11.1. The van der Waals surface area contributed by atoms with E-state index in [1.165, 1.54) is 11.3 Å². The van der Waals surface area contributed by atoms with Crippen LogP contribution in [0.4, 0.5) is 5.69 Å². The zero-order valence-electron chi connectivity index (χ0n) is 11.9. The highest BCUT2D eigenvalue weighted by Gasteiger charge is 2.11. The number of hydrogen-bond acceptors (Lipinski definition) is 2. The van der Waals surface area contributed by atoms with Gasteiger partial charge in [0.1, 0.15) is 5.82 Å². The van der Waals surface area contributed by atoms with Crippen LogP contribution >= 0.6 is 0 Å². The summed E-state index contributed by atoms with van der Waals surface area (Å²) in [6.07, 6.45) is 2.21. The molecule has 2 aromatic carbocycles. The highest BCUT2D eigenvalue weighted by Crippen LogP contribution is 2.25. The first kappa shape index (κ1) is 12.7. The van der Waals surface area contributed by atoms with E-state index in [4.69, 9.17) is 5.73 Å². The number of benzene rings is 2. The zero-order valence-corrected chi connectivity index (χ0v) is 11.9. The maximum atomic E-state index is 5.85. The van der Waals surface area contributed by atoms with Gasteiger partial charge in [-0.3, -0.25) is 4.57 Å². The lowest BCUT2D eigenvalue weighted by Crippen LogP contribution is -2.01. The fourth-order valence-corrected chi connectivity index (χ4v) is 2.73. The molecule has 0 bridgehead atoms. The molecule has 3 rings (SSSR count). The Morgan fingerprint density at radius 3 is 2.75 bits per heavy atom. The zero-order chi connectivity index (χ0) is 14.1. The summed E-state index contributed by atoms with van der Waals surface area (Å²) in [6, 6.07) is 14.5. The predicted octanol–water partition coefficient (Wildman–Crippen LogP) is 3.87. The van der Waals surface area contributed by atoms with Crippen LogP contribution in [0.5, 0.6) is 0 Å². The molecule has 0 aliphatic heterocycles. The Morgan fingerprint density at radius 1 is 1.15 bits per heavy atom. The highest BCUT2D eigenvalue weighted by molar-refractivity contribution is 5.81. The smallest absolute Gasteiger partial charge is 0.111 e. The van der Waals surface area contributed by atoms with E-state index in [1.807, 2.05) is 25.1 Å². The maximum Gasteiger partial charge on any atom is 0.111 e. The summed E-state index contributed by atoms with van der Waals surface area (Å²) in [4.78, 5) is 4.63. The first-order valence-electron chi connectivity index (χ1n) is 7.03. The topological polar surface area (TPSA) is 43.8 Å². The highest BCUT2D eigenvalue weighted by atomic mass is 15.1. The number of nitrogen functional groups attached to an aromatic ring is 1. The standard InChI is InChI=1S/C17H19N3/c1-3-6-13-7-4-5-8-16(13)20-12(2)19-15-11-14(18)9-10-17(15)20/h4-5,7-11H,3,6,18H2,1-2H3. The molecule has 0 fully saturated rings. The number of hydrogen-bond donors (Lipinski definition) is 1. The van der Waals surface area contributed by atoms with Gasteiger partial charge >= 0.3 is 0 Å². The van der Waals surface area contributed by atoms with Crippen molar-refractivity contribution >= 4 is 16.7 Å². The fraction of sp³-hybridized carbons (Fsp3) is 0.235. The summed E-state index contributed by atoms with van der Waals surface area (Å²) in [5, 5.41) is 0. The van der Waals surface area contributed by atoms with Gasteiger partial charge in [0, 0.05) is 5.69 Å². The summed E-state index contributed by atoms with van der Waals surface area (Å²) in [6.45, 7) is 4.25. The lowest BCUT2D eigenvalue weighted by atomic mass is 10.1. The monoisotopic (exact) mass is 265 g/mol. The molecule has 20 heavy (non-hydrogen) atoms. The number of para-hydroxylation sites is 1. The number of aryl methyl sites for hydroxylation is 2. The van der Waals surface area contributed by atoms with Gasteiger partial charge in [-0.15, -0.1) is 0 Å². The molecule has 0 unspecified atom stereocenters. The van der Waals surface area contributed by atoms with Crippen LogP contribution in [0.1, 0.15) is 24.7 Å². The van der Waals surface area contributed by atoms with Crippen LogP contribution < -0.4 is 5.73 Å². The predicted molar refractivity (Wildman–Crippen MR) is 84.2 cm³/mol. The van der Waals surface area contributed by atoms with Gasteiger partial charge in [0.2, 0.25) is 0 Å². The number of nitrogens with zero attached hydrogens (tertiary/aromatic N) is 2. The lowest BCUT2D eigenvalue weighted by molar-refractivity contribution is 0.893. The molecule has 3 heteroatoms. The number of aromatic nitrogens is 2. The second kappa shape index (κ2) is 5.00. The first-order chi connectivity index (χ1) is 9.70. The molecule has 0 aliphatic rings. The lowest BCUT2D eigenvalue weighted by Gasteiger charge is -2.12. The number of imidazole rings is 1. The molecule has 0 saturated heterocycles. The van der Waals surface area contributed by atoms with Crippen LogP contribution in [-0.4, -0.2) is 9.55 Å². The quantitative estimate of drug-likeness (QED) is 0.731. The van der Waals surface area contributed by atoms with Crippen LogP contribution in [-0.2, 0) is 6.42 Å². The van der Waals surface area contributed by atoms with E-state index in [-0.39, 0.29) is 0 Å². The van der Waals surface area contributed by atoms with Crippen LogP contribution in [0.15, 0.2) is 42.5 Å². The second-order valence-electron chi connectivity index (χ2n) is 5.12. The molecule has 1 aromatic heterocycles. The van der Waals surface area contributed by atoms with Crippen molar-refractivity contribution in [2.45, 2.75) is 26.7 Å². The first-order valence-corrected chi connectivity index (χ1v) is 7.03. The molecule has 0 spiro atoms. The summed E-state index contributed by atoms with van der Waals surface area (Å²) < 4.78 is 2.22. The Balaban J connectivity index is 2.27. The minimum atomic E-state index is 0.754. The van der Waals surface area contributed by atoms with Crippen molar-refractivity contribution in [1.29, 1.82) is 0 Å². The second-order valence-corrected chi connectivity index (χ2v) is 5.12. The van der Waals surface area contributed by atoms with E-state index in [1.54, 1.807) is 0 Å². The third-order valence-corrected chi connectivity index (χ3v) is 3.60. The molecule has 0 amide bonds. The maximum absolute atomic E-state index is 5.85. The van der Waals surface area contributed by atoms with Gasteiger partial charge in [0.25, 0.3) is 0 Å². The van der Waals surface area contributed by atoms with Crippen molar-refractivity contribution < 1.29 is 0 Å². The molecule has 0 radical (unpaired) electrons. The number of rotatable bonds is 3. The van der Waals surface area contributed by atoms with E-state index in [2.05, 4.69) is 40.7 Å². The third kappa shape index (κ3) is 2.05. The van der Waals surface area contributed by atoms with Gasteiger partial charge in [0.15, 0.2) is 0 Å². The van der Waals surface area contributed by atoms with E-state index in [9.17, 15) is 0 Å². The largest absolute Gasteiger partial charge is 0.399 e. The minimum Gasteiger partial charge on any atom is -0.399 e. The van der Waals surface area contributed by atoms with Crippen molar-refractivity contribution in [3.8, 4) is 5.69 Å². The van der Waals surface area contributed by atoms with Gasteiger partial charge in [-0.2, -0.15) is 0 Å². The van der Waals surface area contributed by atoms with Crippen molar-refractivity contribution in [1.82, 2.24) is 9.55 Å². The molecular formula is C17H19N3. The van der Waals surface area contributed by atoms with Gasteiger partial charge in [-0.25, -0.2) is 4.98 Å². The Morgan fingerprint density at radius 2 is 1.95 bits per heavy atom. The van der Waals surface area contributed by atoms with Crippen LogP contribution in [0.3, 0.4) is 0 Å². The number of anilines is 1. The van der Waals surface area contributed by atoms with Crippen molar-refractivity contribution in [2.75, 3.05) is 5.73 Å². The molecule has 0 atom stereocenters. The Hall–Kier alpha value is -2.29. The van der Waals surface area contributed by atoms with Gasteiger partial charge in [-0.1, -0.05) is 31.5 Å². The van der Waals surface area contributed by atoms with Gasteiger partial charge < -0.3 is 5.73 Å². The molecule has 0 aliphatic carbocycles. The number of fused-ring (bicyclic) bond motifs is 1. The molecule has 102 valence electrons. The molecular weight excluding hydrogens is 246 g/mol. The average molecular weight is 265 g/mol. The van der Waals surface area contributed by atoms with Crippen molar-refractivity contribution in [3.63, 3.8) is 0 Å². The molecule has 0 saturated carbocycles. The van der Waals surface area contributed by atoms with E-state index >= 15 is 0 Å². The summed E-state index contributed by atoms with van der Waals surface area (Å²) in [5.74, 6) is 0.995. The number of nitrogens with two attached hydrogens (primary N) is 1. The summed E-state index contributed by atoms with van der Waals surface area (Å²) >= 11 is 0. The van der Waals surface area contributed by atoms with E-state index in [0.717, 1.165) is 35.4 Å². The minimum absolute atomic E-state index is 0.754. The van der Waals surface area contributed by atoms with Crippen LogP contribution in [0.25, 0.3) is 16.7 Å². The molecule has 3 aromatic rings. The molecule has 1 heterocycles. The molecule has 2 N–H and O–H groups in total. The van der Waals surface area contributed by atoms with Crippen molar-refractivity contribution in [3.05, 3.63) is 53.9 Å². The van der Waals surface area contributed by atoms with E-state index in [0.29, 0.717) is 0 Å².